The number of nitrogens with one attached hydrogen (secondary N) is 2. The Morgan fingerprint density at radius 1 is 1.36 bits per heavy atom. The van der Waals surface area contributed by atoms with Crippen molar-refractivity contribution in [1.82, 2.24) is 10.6 Å². The Bertz CT molecular complexity index is 508. The molecule has 0 saturated carbocycles. The van der Waals surface area contributed by atoms with Crippen LogP contribution in [0.25, 0.3) is 0 Å². The molecule has 0 bridgehead atoms. The van der Waals surface area contributed by atoms with Crippen LogP contribution in [0, 0.1) is 17.0 Å². The zero-order valence-electron chi connectivity index (χ0n) is 12.5. The van der Waals surface area contributed by atoms with Crippen molar-refractivity contribution in [2.24, 2.45) is 5.41 Å². The van der Waals surface area contributed by atoms with Crippen LogP contribution in [0.2, 0.25) is 0 Å². The molecule has 1 aromatic carbocycles. The summed E-state index contributed by atoms with van der Waals surface area (Å²) in [5, 5.41) is 6.08. The Morgan fingerprint density at radius 3 is 2.68 bits per heavy atom. The average molecular weight is 335 g/mol. The fourth-order valence-corrected chi connectivity index (χ4v) is 2.31. The summed E-state index contributed by atoms with van der Waals surface area (Å²) in [6.45, 7) is 4.32. The Balaban J connectivity index is 0.00000242. The molecule has 1 fully saturated rings. The molecule has 2 rings (SSSR count). The molecule has 0 spiro atoms. The van der Waals surface area contributed by atoms with Crippen molar-refractivity contribution >= 4 is 18.3 Å². The predicted octanol–water partition coefficient (Wildman–Crippen LogP) is 2.27. The van der Waals surface area contributed by atoms with E-state index < -0.39 is 11.6 Å². The molecule has 4 nitrogen and oxygen atoms in total. The summed E-state index contributed by atoms with van der Waals surface area (Å²) in [7, 11) is 0. The highest BCUT2D eigenvalue weighted by molar-refractivity contribution is 5.85. The van der Waals surface area contributed by atoms with Crippen molar-refractivity contribution in [1.29, 1.82) is 0 Å². The second-order valence-corrected chi connectivity index (χ2v) is 5.70. The molecule has 1 saturated heterocycles. The van der Waals surface area contributed by atoms with E-state index in [1.165, 1.54) is 6.07 Å². The van der Waals surface area contributed by atoms with Gasteiger partial charge in [-0.3, -0.25) is 4.79 Å². The predicted molar refractivity (Wildman–Crippen MR) is 82.3 cm³/mol. The molecule has 0 aromatic heterocycles. The highest BCUT2D eigenvalue weighted by Gasteiger charge is 2.27. The van der Waals surface area contributed by atoms with Crippen molar-refractivity contribution in [2.75, 3.05) is 26.2 Å². The Hall–Kier alpha value is -1.40. The molecular weight excluding hydrogens is 314 g/mol. The van der Waals surface area contributed by atoms with E-state index in [0.717, 1.165) is 38.1 Å². The highest BCUT2D eigenvalue weighted by atomic mass is 35.5. The molecule has 0 radical (unpaired) electrons. The lowest BCUT2D eigenvalue weighted by molar-refractivity contribution is -0.123. The summed E-state index contributed by atoms with van der Waals surface area (Å²) in [5.74, 6) is -1.92. The van der Waals surface area contributed by atoms with Gasteiger partial charge in [0.05, 0.1) is 0 Å². The van der Waals surface area contributed by atoms with Gasteiger partial charge in [0, 0.05) is 12.6 Å². The van der Waals surface area contributed by atoms with Crippen LogP contribution in [0.5, 0.6) is 5.75 Å². The lowest BCUT2D eigenvalue weighted by Gasteiger charge is -2.34. The van der Waals surface area contributed by atoms with E-state index in [2.05, 4.69) is 17.6 Å². The molecule has 0 atom stereocenters. The number of hydrogen-bond donors (Lipinski definition) is 2. The van der Waals surface area contributed by atoms with E-state index in [0.29, 0.717) is 6.54 Å². The smallest absolute Gasteiger partial charge is 0.257 e. The summed E-state index contributed by atoms with van der Waals surface area (Å²) in [6, 6.07) is 2.99. The van der Waals surface area contributed by atoms with E-state index in [-0.39, 0.29) is 36.1 Å². The molecule has 22 heavy (non-hydrogen) atoms. The minimum absolute atomic E-state index is 0. The number of ether oxygens (including phenoxy) is 1. The number of carbonyl (C=O) groups excluding carboxylic acids is 1. The van der Waals surface area contributed by atoms with Crippen LogP contribution in [0.15, 0.2) is 18.2 Å². The molecule has 0 aliphatic carbocycles. The largest absolute Gasteiger partial charge is 0.481 e. The molecule has 0 unspecified atom stereocenters. The first-order chi connectivity index (χ1) is 9.98. The minimum Gasteiger partial charge on any atom is -0.481 e. The Morgan fingerprint density at radius 2 is 2.05 bits per heavy atom. The lowest BCUT2D eigenvalue weighted by Crippen LogP contribution is -2.43. The van der Waals surface area contributed by atoms with Crippen molar-refractivity contribution in [3.8, 4) is 5.75 Å². The van der Waals surface area contributed by atoms with Crippen LogP contribution in [-0.2, 0) is 4.79 Å². The molecule has 1 aliphatic rings. The van der Waals surface area contributed by atoms with Gasteiger partial charge in [-0.15, -0.1) is 12.4 Å². The maximum Gasteiger partial charge on any atom is 0.257 e. The summed E-state index contributed by atoms with van der Waals surface area (Å²) in [4.78, 5) is 11.7. The maximum atomic E-state index is 13.3. The molecule has 7 heteroatoms. The first kappa shape index (κ1) is 18.6. The Kier molecular flexibility index (Phi) is 7.03. The van der Waals surface area contributed by atoms with Gasteiger partial charge in [0.1, 0.15) is 5.82 Å². The number of carbonyl (C=O) groups is 1. The number of piperidine rings is 1. The summed E-state index contributed by atoms with van der Waals surface area (Å²) in [5.41, 5.74) is 0.0854. The summed E-state index contributed by atoms with van der Waals surface area (Å²) >= 11 is 0. The van der Waals surface area contributed by atoms with Crippen molar-refractivity contribution < 1.29 is 18.3 Å². The normalized spacial score (nSPS) is 16.5. The van der Waals surface area contributed by atoms with Gasteiger partial charge in [-0.25, -0.2) is 8.78 Å². The molecule has 124 valence electrons. The molecule has 1 heterocycles. The van der Waals surface area contributed by atoms with Gasteiger partial charge in [-0.05, 0) is 43.5 Å². The third-order valence-corrected chi connectivity index (χ3v) is 3.78. The molecule has 1 aromatic rings. The maximum absolute atomic E-state index is 13.3. The highest BCUT2D eigenvalue weighted by Crippen LogP contribution is 2.26. The van der Waals surface area contributed by atoms with Crippen molar-refractivity contribution in [3.05, 3.63) is 29.8 Å². The number of rotatable bonds is 5. The fourth-order valence-electron chi connectivity index (χ4n) is 2.31. The second kappa shape index (κ2) is 8.29. The number of halogens is 3. The molecular formula is C15H21ClF2N2O2. The van der Waals surface area contributed by atoms with Gasteiger partial charge in [-0.1, -0.05) is 6.92 Å². The van der Waals surface area contributed by atoms with Crippen LogP contribution in [-0.4, -0.2) is 32.1 Å². The first-order valence-corrected chi connectivity index (χ1v) is 7.04. The van der Waals surface area contributed by atoms with E-state index in [4.69, 9.17) is 4.74 Å². The van der Waals surface area contributed by atoms with Crippen LogP contribution in [0.4, 0.5) is 8.78 Å². The Labute approximate surface area is 135 Å². The lowest BCUT2D eigenvalue weighted by atomic mass is 9.81. The minimum atomic E-state index is -0.812. The fraction of sp³-hybridized carbons (Fsp3) is 0.533. The van der Waals surface area contributed by atoms with E-state index in [1.54, 1.807) is 0 Å². The monoisotopic (exact) mass is 334 g/mol. The van der Waals surface area contributed by atoms with Crippen LogP contribution < -0.4 is 15.4 Å². The molecule has 1 aliphatic heterocycles. The summed E-state index contributed by atoms with van der Waals surface area (Å²) < 4.78 is 31.1. The first-order valence-electron chi connectivity index (χ1n) is 7.04. The standard InChI is InChI=1S/C15H20F2N2O2.ClH/c1-15(4-6-18-7-5-15)10-19-14(20)9-21-13-3-2-11(16)8-12(13)17;/h2-3,8,18H,4-7,9-10H2,1H3,(H,19,20);1H. The second-order valence-electron chi connectivity index (χ2n) is 5.70. The van der Waals surface area contributed by atoms with Gasteiger partial charge in [0.25, 0.3) is 5.91 Å². The zero-order valence-corrected chi connectivity index (χ0v) is 13.3. The van der Waals surface area contributed by atoms with Crippen LogP contribution in [0.3, 0.4) is 0 Å². The van der Waals surface area contributed by atoms with E-state index in [1.807, 2.05) is 0 Å². The van der Waals surface area contributed by atoms with Gasteiger partial charge in [0.2, 0.25) is 0 Å². The van der Waals surface area contributed by atoms with Gasteiger partial charge in [0.15, 0.2) is 18.2 Å². The number of hydrogen-bond acceptors (Lipinski definition) is 3. The molecule has 2 N–H and O–H groups in total. The molecule has 1 amide bonds. The number of amides is 1. The average Bonchev–Trinajstić information content (AvgIpc) is 2.45. The van der Waals surface area contributed by atoms with Gasteiger partial charge in [-0.2, -0.15) is 0 Å². The van der Waals surface area contributed by atoms with E-state index >= 15 is 0 Å². The van der Waals surface area contributed by atoms with Crippen molar-refractivity contribution in [3.63, 3.8) is 0 Å². The third-order valence-electron chi connectivity index (χ3n) is 3.78. The third kappa shape index (κ3) is 5.42. The van der Waals surface area contributed by atoms with E-state index in [9.17, 15) is 13.6 Å². The quantitative estimate of drug-likeness (QED) is 0.868. The van der Waals surface area contributed by atoms with Crippen LogP contribution in [0.1, 0.15) is 19.8 Å². The topological polar surface area (TPSA) is 50.4 Å². The van der Waals surface area contributed by atoms with Gasteiger partial charge >= 0.3 is 0 Å². The van der Waals surface area contributed by atoms with Crippen LogP contribution >= 0.6 is 12.4 Å². The summed E-state index contributed by atoms with van der Waals surface area (Å²) in [6.07, 6.45) is 2.00. The van der Waals surface area contributed by atoms with Crippen molar-refractivity contribution in [2.45, 2.75) is 19.8 Å². The SMILES string of the molecule is CC1(CNC(=O)COc2ccc(F)cc2F)CCNCC1.Cl. The number of benzene rings is 1. The van der Waals surface area contributed by atoms with Gasteiger partial charge < -0.3 is 15.4 Å². The zero-order chi connectivity index (χ0) is 15.3.